The summed E-state index contributed by atoms with van der Waals surface area (Å²) in [5.41, 5.74) is 1.59. The highest BCUT2D eigenvalue weighted by Crippen LogP contribution is 2.26. The van der Waals surface area contributed by atoms with Crippen LogP contribution in [-0.2, 0) is 0 Å². The van der Waals surface area contributed by atoms with E-state index in [2.05, 4.69) is 0 Å². The van der Waals surface area contributed by atoms with Gasteiger partial charge in [-0.3, -0.25) is 0 Å². The Hall–Kier alpha value is -2.69. The molecule has 0 atom stereocenters. The van der Waals surface area contributed by atoms with Crippen LogP contribution in [0.4, 0.5) is 4.39 Å². The fourth-order valence-electron chi connectivity index (χ4n) is 1.98. The average Bonchev–Trinajstić information content (AvgIpc) is 2.37. The SMILES string of the molecule is Cc1cc(C(=O)O)ccc1-c1ccc(C(=O)O)c(F)c1. The molecule has 0 aliphatic rings. The van der Waals surface area contributed by atoms with Crippen LogP contribution in [0, 0.1) is 12.7 Å². The molecule has 2 rings (SSSR count). The second kappa shape index (κ2) is 5.13. The van der Waals surface area contributed by atoms with E-state index in [1.165, 1.54) is 24.3 Å². The summed E-state index contributed by atoms with van der Waals surface area (Å²) in [5.74, 6) is -3.18. The summed E-state index contributed by atoms with van der Waals surface area (Å²) in [7, 11) is 0. The molecule has 0 saturated heterocycles. The van der Waals surface area contributed by atoms with Crippen LogP contribution in [0.2, 0.25) is 0 Å². The standard InChI is InChI=1S/C15H11FO4/c1-8-6-10(14(17)18)3-4-11(8)9-2-5-12(15(19)20)13(16)7-9/h2-7H,1H3,(H,17,18)(H,19,20). The molecule has 0 saturated carbocycles. The fourth-order valence-corrected chi connectivity index (χ4v) is 1.98. The van der Waals surface area contributed by atoms with Gasteiger partial charge in [-0.25, -0.2) is 14.0 Å². The first kappa shape index (κ1) is 13.7. The first-order valence-corrected chi connectivity index (χ1v) is 5.77. The van der Waals surface area contributed by atoms with E-state index >= 15 is 0 Å². The zero-order valence-corrected chi connectivity index (χ0v) is 10.6. The third-order valence-corrected chi connectivity index (χ3v) is 2.98. The molecular formula is C15H11FO4. The van der Waals surface area contributed by atoms with E-state index in [1.807, 2.05) is 0 Å². The molecule has 0 aromatic heterocycles. The second-order valence-corrected chi connectivity index (χ2v) is 4.33. The lowest BCUT2D eigenvalue weighted by Gasteiger charge is -2.08. The number of carbonyl (C=O) groups is 2. The van der Waals surface area contributed by atoms with Gasteiger partial charge in [0, 0.05) is 0 Å². The van der Waals surface area contributed by atoms with Crippen molar-refractivity contribution in [3.05, 3.63) is 58.9 Å². The highest BCUT2D eigenvalue weighted by molar-refractivity contribution is 5.90. The average molecular weight is 274 g/mol. The lowest BCUT2D eigenvalue weighted by atomic mass is 9.97. The van der Waals surface area contributed by atoms with Gasteiger partial charge >= 0.3 is 11.9 Å². The molecule has 0 spiro atoms. The smallest absolute Gasteiger partial charge is 0.338 e. The predicted molar refractivity (Wildman–Crippen MR) is 70.5 cm³/mol. The quantitative estimate of drug-likeness (QED) is 0.901. The van der Waals surface area contributed by atoms with Crippen LogP contribution in [0.15, 0.2) is 36.4 Å². The van der Waals surface area contributed by atoms with E-state index in [9.17, 15) is 14.0 Å². The van der Waals surface area contributed by atoms with Gasteiger partial charge in [0.05, 0.1) is 11.1 Å². The minimum Gasteiger partial charge on any atom is -0.478 e. The van der Waals surface area contributed by atoms with Crippen LogP contribution in [0.1, 0.15) is 26.3 Å². The number of carboxylic acid groups (broad SMARTS) is 2. The highest BCUT2D eigenvalue weighted by atomic mass is 19.1. The van der Waals surface area contributed by atoms with Gasteiger partial charge in [0.1, 0.15) is 5.82 Å². The Bertz CT molecular complexity index is 707. The van der Waals surface area contributed by atoms with E-state index in [0.29, 0.717) is 16.7 Å². The molecule has 0 radical (unpaired) electrons. The molecule has 0 fully saturated rings. The van der Waals surface area contributed by atoms with Crippen molar-refractivity contribution >= 4 is 11.9 Å². The van der Waals surface area contributed by atoms with E-state index in [0.717, 1.165) is 6.07 Å². The van der Waals surface area contributed by atoms with Gasteiger partial charge in [0.25, 0.3) is 0 Å². The van der Waals surface area contributed by atoms with Crippen LogP contribution in [-0.4, -0.2) is 22.2 Å². The Morgan fingerprint density at radius 1 is 1.00 bits per heavy atom. The van der Waals surface area contributed by atoms with E-state index in [1.54, 1.807) is 13.0 Å². The molecule has 0 amide bonds. The van der Waals surface area contributed by atoms with Gasteiger partial charge < -0.3 is 10.2 Å². The van der Waals surface area contributed by atoms with E-state index in [4.69, 9.17) is 10.2 Å². The molecule has 2 aromatic carbocycles. The number of aryl methyl sites for hydroxylation is 1. The van der Waals surface area contributed by atoms with Crippen LogP contribution >= 0.6 is 0 Å². The van der Waals surface area contributed by atoms with Crippen molar-refractivity contribution in [2.45, 2.75) is 6.92 Å². The largest absolute Gasteiger partial charge is 0.478 e. The van der Waals surface area contributed by atoms with Gasteiger partial charge in [-0.15, -0.1) is 0 Å². The summed E-state index contributed by atoms with van der Waals surface area (Å²) < 4.78 is 13.7. The van der Waals surface area contributed by atoms with Crippen molar-refractivity contribution in [1.29, 1.82) is 0 Å². The Labute approximate surface area is 114 Å². The van der Waals surface area contributed by atoms with Gasteiger partial charge in [0.2, 0.25) is 0 Å². The molecule has 5 heteroatoms. The summed E-state index contributed by atoms with van der Waals surface area (Å²) >= 11 is 0. The van der Waals surface area contributed by atoms with Crippen LogP contribution in [0.3, 0.4) is 0 Å². The summed E-state index contributed by atoms with van der Waals surface area (Å²) in [6.07, 6.45) is 0. The third kappa shape index (κ3) is 2.51. The maximum atomic E-state index is 13.7. The molecule has 0 unspecified atom stereocenters. The monoisotopic (exact) mass is 274 g/mol. The first-order chi connectivity index (χ1) is 9.40. The minimum atomic E-state index is -1.33. The van der Waals surface area contributed by atoms with Gasteiger partial charge in [-0.2, -0.15) is 0 Å². The Morgan fingerprint density at radius 2 is 1.70 bits per heavy atom. The number of rotatable bonds is 3. The molecule has 2 N–H and O–H groups in total. The highest BCUT2D eigenvalue weighted by Gasteiger charge is 2.13. The number of hydrogen-bond donors (Lipinski definition) is 2. The summed E-state index contributed by atoms with van der Waals surface area (Å²) in [4.78, 5) is 21.6. The Balaban J connectivity index is 2.49. The van der Waals surface area contributed by atoms with Crippen molar-refractivity contribution in [3.8, 4) is 11.1 Å². The number of benzene rings is 2. The minimum absolute atomic E-state index is 0.147. The molecular weight excluding hydrogens is 263 g/mol. The predicted octanol–water partition coefficient (Wildman–Crippen LogP) is 3.20. The fraction of sp³-hybridized carbons (Fsp3) is 0.0667. The number of carboxylic acids is 2. The van der Waals surface area contributed by atoms with Crippen LogP contribution in [0.25, 0.3) is 11.1 Å². The normalized spacial score (nSPS) is 10.3. The molecule has 4 nitrogen and oxygen atoms in total. The zero-order valence-electron chi connectivity index (χ0n) is 10.6. The van der Waals surface area contributed by atoms with Crippen molar-refractivity contribution < 1.29 is 24.2 Å². The summed E-state index contributed by atoms with van der Waals surface area (Å²) in [6.45, 7) is 1.71. The lowest BCUT2D eigenvalue weighted by molar-refractivity contribution is 0.0683. The zero-order chi connectivity index (χ0) is 14.9. The van der Waals surface area contributed by atoms with Crippen molar-refractivity contribution in [2.24, 2.45) is 0 Å². The van der Waals surface area contributed by atoms with Crippen LogP contribution in [0.5, 0.6) is 0 Å². The third-order valence-electron chi connectivity index (χ3n) is 2.98. The first-order valence-electron chi connectivity index (χ1n) is 5.77. The Morgan fingerprint density at radius 3 is 2.20 bits per heavy atom. The van der Waals surface area contributed by atoms with Gasteiger partial charge in [0.15, 0.2) is 0 Å². The van der Waals surface area contributed by atoms with E-state index in [-0.39, 0.29) is 5.56 Å². The molecule has 0 aliphatic carbocycles. The molecule has 0 heterocycles. The molecule has 0 aliphatic heterocycles. The van der Waals surface area contributed by atoms with Gasteiger partial charge in [-0.05, 0) is 47.9 Å². The molecule has 20 heavy (non-hydrogen) atoms. The lowest BCUT2D eigenvalue weighted by Crippen LogP contribution is -2.01. The topological polar surface area (TPSA) is 74.6 Å². The van der Waals surface area contributed by atoms with Crippen LogP contribution < -0.4 is 0 Å². The van der Waals surface area contributed by atoms with E-state index < -0.39 is 23.3 Å². The maximum absolute atomic E-state index is 13.7. The number of halogens is 1. The molecule has 0 bridgehead atoms. The summed E-state index contributed by atoms with van der Waals surface area (Å²) in [6, 6.07) is 8.31. The van der Waals surface area contributed by atoms with Crippen molar-refractivity contribution in [3.63, 3.8) is 0 Å². The number of aromatic carboxylic acids is 2. The molecule has 2 aromatic rings. The molecule has 102 valence electrons. The maximum Gasteiger partial charge on any atom is 0.338 e. The number of hydrogen-bond acceptors (Lipinski definition) is 2. The summed E-state index contributed by atoms with van der Waals surface area (Å²) in [5, 5.41) is 17.7. The Kier molecular flexibility index (Phi) is 3.52. The van der Waals surface area contributed by atoms with Crippen molar-refractivity contribution in [1.82, 2.24) is 0 Å². The van der Waals surface area contributed by atoms with Gasteiger partial charge in [-0.1, -0.05) is 12.1 Å². The second-order valence-electron chi connectivity index (χ2n) is 4.33. The van der Waals surface area contributed by atoms with Crippen molar-refractivity contribution in [2.75, 3.05) is 0 Å².